The molecule has 0 aliphatic rings. The fraction of sp³-hybridized carbons (Fsp3) is 0.714. The van der Waals surface area contributed by atoms with E-state index in [2.05, 4.69) is 5.32 Å². The van der Waals surface area contributed by atoms with Gasteiger partial charge in [-0.05, 0) is 20.4 Å². The fourth-order valence-electron chi connectivity index (χ4n) is 0.845. The fourth-order valence-corrected chi connectivity index (χ4v) is 0.845. The summed E-state index contributed by atoms with van der Waals surface area (Å²) in [5.74, 6) is -0.813. The van der Waals surface area contributed by atoms with Crippen LogP contribution in [0.5, 0.6) is 0 Å². The Morgan fingerprint density at radius 1 is 1.73 bits per heavy atom. The maximum Gasteiger partial charge on any atom is 0.303 e. The van der Waals surface area contributed by atoms with Gasteiger partial charge in [-0.25, -0.2) is 0 Å². The molecular weight excluding hydrogens is 144 g/mol. The van der Waals surface area contributed by atoms with Gasteiger partial charge in [-0.3, -0.25) is 4.79 Å². The maximum absolute atomic E-state index is 10.1. The Balaban J connectivity index is 3.70. The van der Waals surface area contributed by atoms with Crippen LogP contribution < -0.4 is 5.32 Å². The SMILES string of the molecule is CNC(CCC(=O)O)C(C)=N. The molecule has 1 unspecified atom stereocenters. The molecular formula is C7H14N2O2. The second kappa shape index (κ2) is 4.85. The van der Waals surface area contributed by atoms with Crippen molar-refractivity contribution in [2.75, 3.05) is 7.05 Å². The van der Waals surface area contributed by atoms with Crippen LogP contribution in [0.3, 0.4) is 0 Å². The van der Waals surface area contributed by atoms with E-state index >= 15 is 0 Å². The molecule has 0 spiro atoms. The molecule has 4 nitrogen and oxygen atoms in total. The molecule has 0 aromatic heterocycles. The Morgan fingerprint density at radius 2 is 2.27 bits per heavy atom. The van der Waals surface area contributed by atoms with Crippen molar-refractivity contribution in [2.24, 2.45) is 0 Å². The number of carboxylic acids is 1. The Bertz CT molecular complexity index is 157. The molecule has 0 fully saturated rings. The molecule has 64 valence electrons. The Kier molecular flexibility index (Phi) is 4.45. The molecule has 11 heavy (non-hydrogen) atoms. The van der Waals surface area contributed by atoms with Crippen molar-refractivity contribution in [3.63, 3.8) is 0 Å². The minimum absolute atomic E-state index is 0.0916. The minimum Gasteiger partial charge on any atom is -0.481 e. The lowest BCUT2D eigenvalue weighted by atomic mass is 10.1. The molecule has 0 aromatic carbocycles. The van der Waals surface area contributed by atoms with Gasteiger partial charge in [0.25, 0.3) is 0 Å². The summed E-state index contributed by atoms with van der Waals surface area (Å²) in [4.78, 5) is 10.1. The summed E-state index contributed by atoms with van der Waals surface area (Å²) in [6.07, 6.45) is 0.600. The van der Waals surface area contributed by atoms with E-state index in [4.69, 9.17) is 10.5 Å². The largest absolute Gasteiger partial charge is 0.481 e. The molecule has 0 heterocycles. The first kappa shape index (κ1) is 10.1. The lowest BCUT2D eigenvalue weighted by molar-refractivity contribution is -0.137. The number of nitrogens with one attached hydrogen (secondary N) is 2. The van der Waals surface area contributed by atoms with E-state index in [1.165, 1.54) is 0 Å². The van der Waals surface area contributed by atoms with Crippen LogP contribution >= 0.6 is 0 Å². The van der Waals surface area contributed by atoms with Gasteiger partial charge in [-0.1, -0.05) is 0 Å². The van der Waals surface area contributed by atoms with Crippen molar-refractivity contribution in [2.45, 2.75) is 25.8 Å². The first-order valence-electron chi connectivity index (χ1n) is 3.52. The number of hydrogen-bond donors (Lipinski definition) is 3. The van der Waals surface area contributed by atoms with Crippen LogP contribution in [0.15, 0.2) is 0 Å². The summed E-state index contributed by atoms with van der Waals surface area (Å²) in [5, 5.41) is 18.5. The third-order valence-electron chi connectivity index (χ3n) is 1.52. The zero-order valence-corrected chi connectivity index (χ0v) is 6.85. The third-order valence-corrected chi connectivity index (χ3v) is 1.52. The number of carboxylic acid groups (broad SMARTS) is 1. The van der Waals surface area contributed by atoms with Gasteiger partial charge in [0, 0.05) is 18.2 Å². The van der Waals surface area contributed by atoms with E-state index < -0.39 is 5.97 Å². The average molecular weight is 158 g/mol. The molecule has 0 radical (unpaired) electrons. The Morgan fingerprint density at radius 3 is 2.55 bits per heavy atom. The van der Waals surface area contributed by atoms with E-state index in [0.29, 0.717) is 12.1 Å². The summed E-state index contributed by atoms with van der Waals surface area (Å²) in [7, 11) is 1.73. The zero-order chi connectivity index (χ0) is 8.85. The molecule has 0 saturated carbocycles. The molecule has 1 atom stereocenters. The van der Waals surface area contributed by atoms with Gasteiger partial charge >= 0.3 is 5.97 Å². The molecule has 0 bridgehead atoms. The molecule has 0 aliphatic heterocycles. The predicted octanol–water partition coefficient (Wildman–Crippen LogP) is 0.479. The van der Waals surface area contributed by atoms with Gasteiger partial charge in [-0.15, -0.1) is 0 Å². The standard InChI is InChI=1S/C7H14N2O2/c1-5(8)6(9-2)3-4-7(10)11/h6,8-9H,3-4H2,1-2H3,(H,10,11). The monoisotopic (exact) mass is 158 g/mol. The summed E-state index contributed by atoms with van der Waals surface area (Å²) in [5.41, 5.74) is 0.480. The van der Waals surface area contributed by atoms with Gasteiger partial charge < -0.3 is 15.8 Å². The topological polar surface area (TPSA) is 73.2 Å². The molecule has 0 aromatic rings. The highest BCUT2D eigenvalue weighted by molar-refractivity contribution is 5.84. The first-order valence-corrected chi connectivity index (χ1v) is 3.52. The number of hydrogen-bond acceptors (Lipinski definition) is 3. The first-order chi connectivity index (χ1) is 5.07. The van der Waals surface area contributed by atoms with Gasteiger partial charge in [-0.2, -0.15) is 0 Å². The number of carbonyl (C=O) groups is 1. The maximum atomic E-state index is 10.1. The van der Waals surface area contributed by atoms with Gasteiger partial charge in [0.2, 0.25) is 0 Å². The minimum atomic E-state index is -0.813. The van der Waals surface area contributed by atoms with Gasteiger partial charge in [0.05, 0.1) is 0 Å². The molecule has 4 heteroatoms. The number of rotatable bonds is 5. The van der Waals surface area contributed by atoms with Crippen LogP contribution in [-0.4, -0.2) is 29.9 Å². The highest BCUT2D eigenvalue weighted by atomic mass is 16.4. The second-order valence-electron chi connectivity index (χ2n) is 2.46. The van der Waals surface area contributed by atoms with E-state index in [1.54, 1.807) is 14.0 Å². The van der Waals surface area contributed by atoms with Crippen LogP contribution in [0.4, 0.5) is 0 Å². The third kappa shape index (κ3) is 4.50. The van der Waals surface area contributed by atoms with E-state index in [-0.39, 0.29) is 12.5 Å². The van der Waals surface area contributed by atoms with Crippen LogP contribution in [0.25, 0.3) is 0 Å². The smallest absolute Gasteiger partial charge is 0.303 e. The average Bonchev–Trinajstić information content (AvgIpc) is 1.87. The molecule has 0 rings (SSSR count). The quantitative estimate of drug-likeness (QED) is 0.509. The van der Waals surface area contributed by atoms with Crippen molar-refractivity contribution in [1.29, 1.82) is 5.41 Å². The lowest BCUT2D eigenvalue weighted by Gasteiger charge is -2.12. The van der Waals surface area contributed by atoms with Crippen molar-refractivity contribution in [1.82, 2.24) is 5.32 Å². The van der Waals surface area contributed by atoms with Crippen molar-refractivity contribution in [3.05, 3.63) is 0 Å². The zero-order valence-electron chi connectivity index (χ0n) is 6.85. The van der Waals surface area contributed by atoms with Crippen LogP contribution in [-0.2, 0) is 4.79 Å². The molecule has 0 aliphatic carbocycles. The van der Waals surface area contributed by atoms with Crippen molar-refractivity contribution >= 4 is 11.7 Å². The van der Waals surface area contributed by atoms with E-state index in [0.717, 1.165) is 0 Å². The van der Waals surface area contributed by atoms with Gasteiger partial charge in [0.15, 0.2) is 0 Å². The highest BCUT2D eigenvalue weighted by Gasteiger charge is 2.09. The van der Waals surface area contributed by atoms with Crippen LogP contribution in [0.1, 0.15) is 19.8 Å². The molecule has 0 saturated heterocycles. The Hall–Kier alpha value is -0.900. The van der Waals surface area contributed by atoms with Crippen molar-refractivity contribution < 1.29 is 9.90 Å². The number of aliphatic carboxylic acids is 1. The summed E-state index contributed by atoms with van der Waals surface area (Å²) >= 11 is 0. The van der Waals surface area contributed by atoms with Gasteiger partial charge in [0.1, 0.15) is 0 Å². The molecule has 0 amide bonds. The molecule has 3 N–H and O–H groups in total. The van der Waals surface area contributed by atoms with Crippen LogP contribution in [0, 0.1) is 5.41 Å². The van der Waals surface area contributed by atoms with E-state index in [9.17, 15) is 4.79 Å². The predicted molar refractivity (Wildman–Crippen MR) is 43.1 cm³/mol. The summed E-state index contributed by atoms with van der Waals surface area (Å²) in [6, 6.07) is -0.0916. The van der Waals surface area contributed by atoms with Crippen LogP contribution in [0.2, 0.25) is 0 Å². The summed E-state index contributed by atoms with van der Waals surface area (Å²) < 4.78 is 0. The lowest BCUT2D eigenvalue weighted by Crippen LogP contribution is -2.32. The van der Waals surface area contributed by atoms with Crippen molar-refractivity contribution in [3.8, 4) is 0 Å². The highest BCUT2D eigenvalue weighted by Crippen LogP contribution is 1.97. The summed E-state index contributed by atoms with van der Waals surface area (Å²) in [6.45, 7) is 1.67. The second-order valence-corrected chi connectivity index (χ2v) is 2.46. The normalized spacial score (nSPS) is 12.5. The van der Waals surface area contributed by atoms with E-state index in [1.807, 2.05) is 0 Å². The Labute approximate surface area is 66.1 Å².